The van der Waals surface area contributed by atoms with Crippen LogP contribution in [0.5, 0.6) is 11.5 Å². The van der Waals surface area contributed by atoms with Crippen LogP contribution < -0.4 is 9.47 Å². The lowest BCUT2D eigenvalue weighted by atomic mass is 10.0. The standard InChI is InChI=1S/C15H12BrF3O2/c1-20-9-3-4-10(13(7-9)21-2)15(16)14-11(18)5-8(17)6-12(14)19/h3-7,15H,1-2H3. The maximum absolute atomic E-state index is 13.9. The van der Waals surface area contributed by atoms with Crippen molar-refractivity contribution in [2.75, 3.05) is 14.2 Å². The molecule has 21 heavy (non-hydrogen) atoms. The first-order valence-corrected chi connectivity index (χ1v) is 6.90. The molecule has 0 spiro atoms. The molecule has 0 aromatic heterocycles. The quantitative estimate of drug-likeness (QED) is 0.741. The van der Waals surface area contributed by atoms with Gasteiger partial charge in [0.2, 0.25) is 0 Å². The van der Waals surface area contributed by atoms with Gasteiger partial charge in [-0.1, -0.05) is 22.0 Å². The van der Waals surface area contributed by atoms with E-state index in [1.807, 2.05) is 0 Å². The topological polar surface area (TPSA) is 18.5 Å². The van der Waals surface area contributed by atoms with E-state index >= 15 is 0 Å². The van der Waals surface area contributed by atoms with E-state index in [0.717, 1.165) is 0 Å². The van der Waals surface area contributed by atoms with Crippen LogP contribution in [-0.2, 0) is 0 Å². The predicted octanol–water partition coefficient (Wildman–Crippen LogP) is 4.61. The summed E-state index contributed by atoms with van der Waals surface area (Å²) >= 11 is 3.24. The largest absolute Gasteiger partial charge is 0.497 e. The molecular formula is C15H12BrF3O2. The molecule has 0 saturated carbocycles. The molecule has 0 aliphatic carbocycles. The first-order chi connectivity index (χ1) is 9.97. The number of halogens is 4. The highest BCUT2D eigenvalue weighted by atomic mass is 79.9. The zero-order valence-corrected chi connectivity index (χ0v) is 12.9. The second kappa shape index (κ2) is 6.39. The summed E-state index contributed by atoms with van der Waals surface area (Å²) in [6, 6.07) is 6.15. The molecule has 0 amide bonds. The molecule has 0 aliphatic heterocycles. The molecule has 0 N–H and O–H groups in total. The number of methoxy groups -OCH3 is 2. The third-order valence-electron chi connectivity index (χ3n) is 3.01. The van der Waals surface area contributed by atoms with E-state index in [-0.39, 0.29) is 5.56 Å². The van der Waals surface area contributed by atoms with Crippen molar-refractivity contribution in [2.45, 2.75) is 4.83 Å². The van der Waals surface area contributed by atoms with Crippen LogP contribution in [0, 0.1) is 17.5 Å². The van der Waals surface area contributed by atoms with Gasteiger partial charge in [-0.05, 0) is 6.07 Å². The molecule has 6 heteroatoms. The van der Waals surface area contributed by atoms with Crippen LogP contribution in [0.2, 0.25) is 0 Å². The Labute approximate surface area is 128 Å². The monoisotopic (exact) mass is 360 g/mol. The van der Waals surface area contributed by atoms with E-state index in [4.69, 9.17) is 9.47 Å². The highest BCUT2D eigenvalue weighted by Crippen LogP contribution is 2.40. The molecule has 2 aromatic carbocycles. The molecule has 2 rings (SSSR count). The summed E-state index contributed by atoms with van der Waals surface area (Å²) in [4.78, 5) is -0.820. The first-order valence-electron chi connectivity index (χ1n) is 5.98. The minimum Gasteiger partial charge on any atom is -0.497 e. The maximum Gasteiger partial charge on any atom is 0.133 e. The Morgan fingerprint density at radius 3 is 2.10 bits per heavy atom. The van der Waals surface area contributed by atoms with Gasteiger partial charge in [-0.15, -0.1) is 0 Å². The number of benzene rings is 2. The maximum atomic E-state index is 13.9. The normalized spacial score (nSPS) is 12.1. The summed E-state index contributed by atoms with van der Waals surface area (Å²) in [6.07, 6.45) is 0. The Bertz CT molecular complexity index is 638. The van der Waals surface area contributed by atoms with Crippen molar-refractivity contribution in [1.29, 1.82) is 0 Å². The van der Waals surface area contributed by atoms with Gasteiger partial charge in [-0.3, -0.25) is 0 Å². The van der Waals surface area contributed by atoms with Crippen LogP contribution in [0.4, 0.5) is 13.2 Å². The predicted molar refractivity (Wildman–Crippen MR) is 76.6 cm³/mol. The van der Waals surface area contributed by atoms with E-state index in [0.29, 0.717) is 29.2 Å². The summed E-state index contributed by atoms with van der Waals surface area (Å²) in [7, 11) is 2.94. The smallest absolute Gasteiger partial charge is 0.133 e. The third kappa shape index (κ3) is 3.15. The van der Waals surface area contributed by atoms with Gasteiger partial charge in [0.1, 0.15) is 29.0 Å². The molecule has 2 nitrogen and oxygen atoms in total. The SMILES string of the molecule is COc1ccc(C(Br)c2c(F)cc(F)cc2F)c(OC)c1. The molecular weight excluding hydrogens is 349 g/mol. The van der Waals surface area contributed by atoms with Gasteiger partial charge in [-0.25, -0.2) is 13.2 Å². The van der Waals surface area contributed by atoms with Gasteiger partial charge >= 0.3 is 0 Å². The van der Waals surface area contributed by atoms with Crippen molar-refractivity contribution < 1.29 is 22.6 Å². The lowest BCUT2D eigenvalue weighted by molar-refractivity contribution is 0.391. The van der Waals surface area contributed by atoms with Crippen molar-refractivity contribution in [3.8, 4) is 11.5 Å². The Balaban J connectivity index is 2.52. The third-order valence-corrected chi connectivity index (χ3v) is 3.96. The number of ether oxygens (including phenoxy) is 2. The second-order valence-corrected chi connectivity index (χ2v) is 5.17. The zero-order chi connectivity index (χ0) is 15.6. The van der Waals surface area contributed by atoms with Gasteiger partial charge in [0.05, 0.1) is 19.0 Å². The lowest BCUT2D eigenvalue weighted by Gasteiger charge is -2.17. The zero-order valence-electron chi connectivity index (χ0n) is 11.3. The fraction of sp³-hybridized carbons (Fsp3) is 0.200. The number of alkyl halides is 1. The highest BCUT2D eigenvalue weighted by Gasteiger charge is 2.23. The Hall–Kier alpha value is -1.69. The fourth-order valence-electron chi connectivity index (χ4n) is 1.98. The average Bonchev–Trinajstić information content (AvgIpc) is 2.45. The van der Waals surface area contributed by atoms with Crippen LogP contribution in [0.1, 0.15) is 16.0 Å². The van der Waals surface area contributed by atoms with Crippen molar-refractivity contribution in [1.82, 2.24) is 0 Å². The molecule has 0 radical (unpaired) electrons. The van der Waals surface area contributed by atoms with E-state index in [1.165, 1.54) is 14.2 Å². The molecule has 0 saturated heterocycles. The highest BCUT2D eigenvalue weighted by molar-refractivity contribution is 9.09. The van der Waals surface area contributed by atoms with Gasteiger partial charge in [-0.2, -0.15) is 0 Å². The molecule has 1 unspecified atom stereocenters. The van der Waals surface area contributed by atoms with Gasteiger partial charge in [0.15, 0.2) is 0 Å². The van der Waals surface area contributed by atoms with Crippen molar-refractivity contribution in [3.63, 3.8) is 0 Å². The van der Waals surface area contributed by atoms with Gasteiger partial charge in [0, 0.05) is 29.3 Å². The number of hydrogen-bond donors (Lipinski definition) is 0. The first kappa shape index (κ1) is 15.7. The number of rotatable bonds is 4. The van der Waals surface area contributed by atoms with Crippen LogP contribution in [-0.4, -0.2) is 14.2 Å². The molecule has 0 heterocycles. The molecule has 2 aromatic rings. The summed E-state index contributed by atoms with van der Waals surface area (Å²) < 4.78 is 51.0. The Morgan fingerprint density at radius 2 is 1.57 bits per heavy atom. The minimum absolute atomic E-state index is 0.278. The molecule has 1 atom stereocenters. The average molecular weight is 361 g/mol. The van der Waals surface area contributed by atoms with Crippen LogP contribution in [0.25, 0.3) is 0 Å². The van der Waals surface area contributed by atoms with Crippen molar-refractivity contribution >= 4 is 15.9 Å². The minimum atomic E-state index is -0.966. The van der Waals surface area contributed by atoms with Crippen molar-refractivity contribution in [2.24, 2.45) is 0 Å². The summed E-state index contributed by atoms with van der Waals surface area (Å²) in [5, 5.41) is 0. The Kier molecular flexibility index (Phi) is 4.77. The van der Waals surface area contributed by atoms with Crippen LogP contribution >= 0.6 is 15.9 Å². The fourth-order valence-corrected chi connectivity index (χ4v) is 2.79. The summed E-state index contributed by atoms with van der Waals surface area (Å²) in [5.74, 6) is -1.94. The number of hydrogen-bond acceptors (Lipinski definition) is 2. The molecule has 0 fully saturated rings. The molecule has 0 aliphatic rings. The van der Waals surface area contributed by atoms with Gasteiger partial charge < -0.3 is 9.47 Å². The molecule has 112 valence electrons. The van der Waals surface area contributed by atoms with Crippen molar-refractivity contribution in [3.05, 3.63) is 58.9 Å². The van der Waals surface area contributed by atoms with Crippen LogP contribution in [0.15, 0.2) is 30.3 Å². The lowest BCUT2D eigenvalue weighted by Crippen LogP contribution is -2.04. The van der Waals surface area contributed by atoms with E-state index in [2.05, 4.69) is 15.9 Å². The molecule has 0 bridgehead atoms. The second-order valence-electron chi connectivity index (χ2n) is 4.25. The van der Waals surface area contributed by atoms with E-state index < -0.39 is 22.3 Å². The van der Waals surface area contributed by atoms with E-state index in [9.17, 15) is 13.2 Å². The van der Waals surface area contributed by atoms with Crippen LogP contribution in [0.3, 0.4) is 0 Å². The summed E-state index contributed by atoms with van der Waals surface area (Å²) in [5.41, 5.74) is 0.225. The van der Waals surface area contributed by atoms with Gasteiger partial charge in [0.25, 0.3) is 0 Å². The van der Waals surface area contributed by atoms with E-state index in [1.54, 1.807) is 18.2 Å². The Morgan fingerprint density at radius 1 is 0.952 bits per heavy atom. The summed E-state index contributed by atoms with van der Waals surface area (Å²) in [6.45, 7) is 0.